The SMILES string of the molecule is CC(=O)NC1C(OCCOCCNC(=O)CCC(NC(=O)CCC(NC(=O)CCCCCCCCCCC(=O)NC[C@H]2C[C@@H](OC(C)(C)C)[C@H](CO)O2)C(=O)NCCOCCOC2OC(CO)C(O)C(O)C2NC(C)=O)C(=O)NCCOCCOC2OC(CO)C(O)C(O)C2NC(C)=O)OC(CO)C(O)C1O. The Balaban J connectivity index is 1.32. The van der Waals surface area contributed by atoms with E-state index in [1.54, 1.807) is 0 Å². The molecule has 0 aromatic carbocycles. The summed E-state index contributed by atoms with van der Waals surface area (Å²) in [4.78, 5) is 116. The van der Waals surface area contributed by atoms with Crippen LogP contribution < -0.4 is 47.9 Å². The average molecular weight is 1540 g/mol. The molecule has 0 bridgehead atoms. The Kier molecular flexibility index (Phi) is 44.7. The average Bonchev–Trinajstić information content (AvgIpc) is 1.61. The number of hydrogen-bond acceptors (Lipinski definition) is 30. The highest BCUT2D eigenvalue weighted by molar-refractivity contribution is 5.90. The van der Waals surface area contributed by atoms with Crippen LogP contribution in [0.25, 0.3) is 0 Å². The zero-order valence-electron chi connectivity index (χ0n) is 62.3. The first-order valence-corrected chi connectivity index (χ1v) is 36.9. The van der Waals surface area contributed by atoms with Crippen molar-refractivity contribution in [1.82, 2.24) is 47.9 Å². The topological polar surface area (TPSA) is 566 Å². The zero-order valence-corrected chi connectivity index (χ0v) is 62.3. The molecule has 0 spiro atoms. The fraction of sp³-hybridized carbons (Fsp3) is 0.868. The van der Waals surface area contributed by atoms with Gasteiger partial charge in [0, 0.05) is 79.1 Å². The summed E-state index contributed by atoms with van der Waals surface area (Å²) in [6.45, 7) is 6.38. The predicted molar refractivity (Wildman–Crippen MR) is 372 cm³/mol. The first-order chi connectivity index (χ1) is 51.0. The Morgan fingerprint density at radius 1 is 0.402 bits per heavy atom. The molecular weight excluding hydrogens is 1420 g/mol. The van der Waals surface area contributed by atoms with Crippen LogP contribution in [-0.4, -0.2) is 344 Å². The zero-order chi connectivity index (χ0) is 79.0. The van der Waals surface area contributed by atoms with E-state index in [1.807, 2.05) is 20.8 Å². The summed E-state index contributed by atoms with van der Waals surface area (Å²) in [5.74, 6) is -4.89. The van der Waals surface area contributed by atoms with Gasteiger partial charge in [-0.05, 0) is 46.5 Å². The fourth-order valence-electron chi connectivity index (χ4n) is 12.1. The summed E-state index contributed by atoms with van der Waals surface area (Å²) in [7, 11) is 0. The second-order valence-corrected chi connectivity index (χ2v) is 27.6. The molecule has 0 radical (unpaired) electrons. The van der Waals surface area contributed by atoms with Crippen LogP contribution in [0.1, 0.15) is 138 Å². The van der Waals surface area contributed by atoms with Gasteiger partial charge in [0.25, 0.3) is 0 Å². The second-order valence-electron chi connectivity index (χ2n) is 27.6. The summed E-state index contributed by atoms with van der Waals surface area (Å²) in [6, 6.07) is -6.17. The number of carbonyl (C=O) groups is 9. The van der Waals surface area contributed by atoms with E-state index in [-0.39, 0.29) is 130 Å². The van der Waals surface area contributed by atoms with Gasteiger partial charge in [0.2, 0.25) is 53.2 Å². The van der Waals surface area contributed by atoms with Crippen molar-refractivity contribution in [3.63, 3.8) is 0 Å². The predicted octanol–water partition coefficient (Wildman–Crippen LogP) is -6.85. The van der Waals surface area contributed by atoms with Gasteiger partial charge in [-0.25, -0.2) is 0 Å². The van der Waals surface area contributed by atoms with Crippen LogP contribution in [0.2, 0.25) is 0 Å². The van der Waals surface area contributed by atoms with Gasteiger partial charge in [0.15, 0.2) is 18.9 Å². The number of aliphatic hydroxyl groups excluding tert-OH is 10. The number of rotatable bonds is 52. The molecular formula is C68H121N9O30. The third kappa shape index (κ3) is 35.5. The van der Waals surface area contributed by atoms with Gasteiger partial charge in [-0.1, -0.05) is 38.5 Å². The van der Waals surface area contributed by atoms with Gasteiger partial charge in [-0.3, -0.25) is 43.2 Å². The van der Waals surface area contributed by atoms with Crippen molar-refractivity contribution in [3.8, 4) is 0 Å². The van der Waals surface area contributed by atoms with Crippen molar-refractivity contribution in [2.24, 2.45) is 0 Å². The lowest BCUT2D eigenvalue weighted by molar-refractivity contribution is -0.272. The molecule has 0 aliphatic carbocycles. The quantitative estimate of drug-likeness (QED) is 0.0252. The number of aliphatic hydroxyl groups is 10. The molecule has 4 aliphatic rings. The van der Waals surface area contributed by atoms with E-state index in [0.717, 1.165) is 32.1 Å². The number of carbonyl (C=O) groups excluding carboxylic acids is 9. The van der Waals surface area contributed by atoms with Gasteiger partial charge in [0.05, 0.1) is 104 Å². The summed E-state index contributed by atoms with van der Waals surface area (Å²) in [6.07, 6.45) is -11.6. The van der Waals surface area contributed by atoms with E-state index in [1.165, 1.54) is 20.8 Å². The normalized spacial score (nSPS) is 27.8. The number of nitrogens with one attached hydrogen (secondary N) is 9. The highest BCUT2D eigenvalue weighted by Gasteiger charge is 2.48. The molecule has 107 heavy (non-hydrogen) atoms. The van der Waals surface area contributed by atoms with Gasteiger partial charge in [0.1, 0.15) is 91.2 Å². The van der Waals surface area contributed by atoms with E-state index in [2.05, 4.69) is 47.9 Å². The Bertz CT molecular complexity index is 2640. The van der Waals surface area contributed by atoms with E-state index < -0.39 is 189 Å². The van der Waals surface area contributed by atoms with Crippen molar-refractivity contribution < 1.29 is 146 Å². The molecule has 4 heterocycles. The molecule has 9 amide bonds. The summed E-state index contributed by atoms with van der Waals surface area (Å²) in [5.41, 5.74) is -0.404. The standard InChI is InChI=1S/C68H121N9O30/c1-39(82)73-54-60(92)57(89)47(36-79)104-65(54)100-30-27-97-24-21-69-51(86)19-17-43(63(95)70-22-25-98-28-31-101-66-55(74-40(2)83)61(93)58(90)48(37-80)105-66)77-53(88)20-18-44(64(96)71-23-26-99-29-32-102-67-56(75-41(3)84)62(94)59(91)49(38-81)106-67)76-52(87)16-14-12-10-8-7-9-11-13-15-50(85)72-34-42-33-45(46(35-78)103-42)107-68(4,5)6/h42-49,54-62,65-67,78-81,89-94H,7-38H2,1-6H3,(H,69,86)(H,70,95)(H,71,96)(H,72,85)(H,73,82)(H,74,83)(H,75,84)(H,76,87)(H,77,88)/t42-,43?,44?,45-,46+,47?,48?,49?,54?,55?,56?,57?,58?,59?,60?,61?,62?,65?,66?,67?/m1/s1. The van der Waals surface area contributed by atoms with Gasteiger partial charge in [-0.15, -0.1) is 0 Å². The number of hydrogen-bond donors (Lipinski definition) is 19. The van der Waals surface area contributed by atoms with Crippen LogP contribution in [0.4, 0.5) is 0 Å². The van der Waals surface area contributed by atoms with Gasteiger partial charge in [-0.2, -0.15) is 0 Å². The molecule has 17 unspecified atom stereocenters. The van der Waals surface area contributed by atoms with E-state index >= 15 is 0 Å². The minimum atomic E-state index is -1.54. The molecule has 4 aliphatic heterocycles. The van der Waals surface area contributed by atoms with Crippen LogP contribution in [0.3, 0.4) is 0 Å². The first kappa shape index (κ1) is 93.8. The smallest absolute Gasteiger partial charge is 0.242 e. The van der Waals surface area contributed by atoms with E-state index in [0.29, 0.717) is 38.6 Å². The summed E-state index contributed by atoms with van der Waals surface area (Å²) in [5, 5.41) is 125. The molecule has 39 heteroatoms. The molecule has 618 valence electrons. The van der Waals surface area contributed by atoms with Crippen molar-refractivity contribution in [2.45, 2.75) is 266 Å². The second kappa shape index (κ2) is 51.0. The van der Waals surface area contributed by atoms with Crippen molar-refractivity contribution in [3.05, 3.63) is 0 Å². The first-order valence-electron chi connectivity index (χ1n) is 36.9. The Labute approximate surface area is 623 Å². The number of amides is 9. The number of unbranched alkanes of at least 4 members (excludes halogenated alkanes) is 7. The lowest BCUT2D eigenvalue weighted by atomic mass is 9.97. The minimum absolute atomic E-state index is 0.0226. The fourth-order valence-corrected chi connectivity index (χ4v) is 12.1. The molecule has 39 nitrogen and oxygen atoms in total. The molecule has 4 saturated heterocycles. The van der Waals surface area contributed by atoms with Gasteiger partial charge >= 0.3 is 0 Å². The molecule has 19 N–H and O–H groups in total. The maximum absolute atomic E-state index is 13.8. The van der Waals surface area contributed by atoms with Crippen LogP contribution in [0, 0.1) is 0 Å². The van der Waals surface area contributed by atoms with E-state index in [4.69, 9.17) is 52.1 Å². The van der Waals surface area contributed by atoms with Crippen molar-refractivity contribution >= 4 is 53.2 Å². The Morgan fingerprint density at radius 3 is 1.10 bits per heavy atom. The minimum Gasteiger partial charge on any atom is -0.394 e. The third-order valence-corrected chi connectivity index (χ3v) is 17.6. The maximum Gasteiger partial charge on any atom is 0.242 e. The Hall–Kier alpha value is -5.61. The molecule has 4 fully saturated rings. The van der Waals surface area contributed by atoms with Crippen LogP contribution >= 0.6 is 0 Å². The maximum atomic E-state index is 13.8. The molecule has 20 atom stereocenters. The van der Waals surface area contributed by atoms with Crippen LogP contribution in [0.15, 0.2) is 0 Å². The Morgan fingerprint density at radius 2 is 0.738 bits per heavy atom. The largest absolute Gasteiger partial charge is 0.394 e. The summed E-state index contributed by atoms with van der Waals surface area (Å²) >= 11 is 0. The lowest BCUT2D eigenvalue weighted by Gasteiger charge is -2.42. The summed E-state index contributed by atoms with van der Waals surface area (Å²) < 4.78 is 62.4. The van der Waals surface area contributed by atoms with Crippen molar-refractivity contribution in [2.75, 3.05) is 112 Å². The van der Waals surface area contributed by atoms with E-state index in [9.17, 15) is 94.2 Å². The highest BCUT2D eigenvalue weighted by Crippen LogP contribution is 2.28. The highest BCUT2D eigenvalue weighted by atomic mass is 16.7. The molecule has 4 rings (SSSR count). The molecule has 0 aromatic heterocycles. The molecule has 0 aromatic rings. The van der Waals surface area contributed by atoms with Crippen LogP contribution in [0.5, 0.6) is 0 Å². The van der Waals surface area contributed by atoms with Crippen LogP contribution in [-0.2, 0) is 95.3 Å². The molecule has 0 saturated carbocycles. The third-order valence-electron chi connectivity index (χ3n) is 17.6. The van der Waals surface area contributed by atoms with Crippen molar-refractivity contribution in [1.29, 1.82) is 0 Å². The lowest BCUT2D eigenvalue weighted by Crippen LogP contribution is -2.64. The monoisotopic (exact) mass is 1540 g/mol. The van der Waals surface area contributed by atoms with Gasteiger partial charge < -0.3 is 151 Å². The number of ether oxygens (including phenoxy) is 11.